The van der Waals surface area contributed by atoms with E-state index in [9.17, 15) is 23.2 Å². The molecule has 3 atom stereocenters. The Kier molecular flexibility index (Phi) is 6.12. The number of hydrogen-bond acceptors (Lipinski definition) is 5. The first-order valence-electron chi connectivity index (χ1n) is 10.4. The SMILES string of the molecule is N#CN1C[C@H](NC(=O)N2CC[C@H](c3cccc(OC(F)(F)F)c3)C2)C[C@H]1Cn1cccn1. The maximum atomic E-state index is 12.8. The summed E-state index contributed by atoms with van der Waals surface area (Å²) in [5.74, 6) is -0.326. The van der Waals surface area contributed by atoms with Crippen LogP contribution in [0.5, 0.6) is 5.75 Å². The molecule has 8 nitrogen and oxygen atoms in total. The molecule has 1 aromatic heterocycles. The number of urea groups is 1. The zero-order chi connectivity index (χ0) is 22.7. The smallest absolute Gasteiger partial charge is 0.406 e. The lowest BCUT2D eigenvalue weighted by atomic mass is 9.98. The molecule has 2 aliphatic rings. The second-order valence-corrected chi connectivity index (χ2v) is 8.07. The van der Waals surface area contributed by atoms with Gasteiger partial charge in [0.2, 0.25) is 0 Å². The summed E-state index contributed by atoms with van der Waals surface area (Å²) in [6.45, 7) is 1.91. The van der Waals surface area contributed by atoms with E-state index in [2.05, 4.69) is 21.3 Å². The first-order chi connectivity index (χ1) is 15.3. The number of hydrogen-bond donors (Lipinski definition) is 1. The Morgan fingerprint density at radius 3 is 2.88 bits per heavy atom. The van der Waals surface area contributed by atoms with E-state index in [1.165, 1.54) is 18.2 Å². The van der Waals surface area contributed by atoms with Crippen molar-refractivity contribution in [2.24, 2.45) is 0 Å². The number of aromatic nitrogens is 2. The number of benzene rings is 1. The van der Waals surface area contributed by atoms with Crippen LogP contribution >= 0.6 is 0 Å². The second kappa shape index (κ2) is 8.98. The van der Waals surface area contributed by atoms with E-state index < -0.39 is 6.36 Å². The number of carbonyl (C=O) groups is 1. The third-order valence-corrected chi connectivity index (χ3v) is 5.87. The number of likely N-dealkylation sites (tertiary alicyclic amines) is 2. The molecule has 0 bridgehead atoms. The fourth-order valence-corrected chi connectivity index (χ4v) is 4.39. The maximum Gasteiger partial charge on any atom is 0.573 e. The van der Waals surface area contributed by atoms with Crippen LogP contribution in [0.15, 0.2) is 42.7 Å². The van der Waals surface area contributed by atoms with Gasteiger partial charge in [0.1, 0.15) is 5.75 Å². The number of alkyl halides is 3. The molecule has 2 fully saturated rings. The number of rotatable bonds is 5. The van der Waals surface area contributed by atoms with Gasteiger partial charge in [-0.1, -0.05) is 12.1 Å². The topological polar surface area (TPSA) is 86.4 Å². The van der Waals surface area contributed by atoms with Crippen LogP contribution in [0.4, 0.5) is 18.0 Å². The largest absolute Gasteiger partial charge is 0.573 e. The van der Waals surface area contributed by atoms with Crippen LogP contribution in [-0.2, 0) is 6.54 Å². The summed E-state index contributed by atoms with van der Waals surface area (Å²) in [4.78, 5) is 16.1. The Morgan fingerprint density at radius 1 is 1.31 bits per heavy atom. The van der Waals surface area contributed by atoms with Gasteiger partial charge >= 0.3 is 12.4 Å². The van der Waals surface area contributed by atoms with E-state index >= 15 is 0 Å². The third-order valence-electron chi connectivity index (χ3n) is 5.87. The molecular formula is C21H23F3N6O2. The van der Waals surface area contributed by atoms with E-state index in [0.29, 0.717) is 44.6 Å². The molecule has 11 heteroatoms. The Morgan fingerprint density at radius 2 is 2.16 bits per heavy atom. The number of carbonyl (C=O) groups excluding carboxylic acids is 1. The normalized spacial score (nSPS) is 23.2. The number of amides is 2. The highest BCUT2D eigenvalue weighted by Gasteiger charge is 2.35. The van der Waals surface area contributed by atoms with Gasteiger partial charge in [-0.2, -0.15) is 10.4 Å². The minimum absolute atomic E-state index is 0.0482. The van der Waals surface area contributed by atoms with Gasteiger partial charge in [0.15, 0.2) is 6.19 Å². The molecule has 0 radical (unpaired) electrons. The van der Waals surface area contributed by atoms with E-state index in [-0.39, 0.29) is 29.8 Å². The van der Waals surface area contributed by atoms with Gasteiger partial charge in [-0.3, -0.25) is 4.68 Å². The second-order valence-electron chi connectivity index (χ2n) is 8.07. The van der Waals surface area contributed by atoms with Crippen molar-refractivity contribution in [1.29, 1.82) is 5.26 Å². The molecule has 0 saturated carbocycles. The highest BCUT2D eigenvalue weighted by Crippen LogP contribution is 2.31. The summed E-state index contributed by atoms with van der Waals surface area (Å²) in [5.41, 5.74) is 0.706. The predicted octanol–water partition coefficient (Wildman–Crippen LogP) is 2.90. The molecule has 3 heterocycles. The number of ether oxygens (including phenoxy) is 1. The Bertz CT molecular complexity index is 975. The molecular weight excluding hydrogens is 425 g/mol. The zero-order valence-electron chi connectivity index (χ0n) is 17.2. The fourth-order valence-electron chi connectivity index (χ4n) is 4.39. The molecule has 4 rings (SSSR count). The fraction of sp³-hybridized carbons (Fsp3) is 0.476. The summed E-state index contributed by atoms with van der Waals surface area (Å²) in [6, 6.07) is 7.29. The van der Waals surface area contributed by atoms with Crippen molar-refractivity contribution in [3.8, 4) is 11.9 Å². The Labute approximate surface area is 183 Å². The van der Waals surface area contributed by atoms with Gasteiger partial charge in [0.25, 0.3) is 0 Å². The predicted molar refractivity (Wildman–Crippen MR) is 107 cm³/mol. The van der Waals surface area contributed by atoms with Crippen LogP contribution < -0.4 is 10.1 Å². The first-order valence-corrected chi connectivity index (χ1v) is 10.4. The van der Waals surface area contributed by atoms with Crippen LogP contribution in [0.2, 0.25) is 0 Å². The molecule has 170 valence electrons. The number of halogens is 3. The van der Waals surface area contributed by atoms with E-state index in [0.717, 1.165) is 0 Å². The van der Waals surface area contributed by atoms with Gasteiger partial charge in [0.05, 0.1) is 18.6 Å². The minimum Gasteiger partial charge on any atom is -0.406 e. The average molecular weight is 448 g/mol. The molecule has 2 aliphatic heterocycles. The lowest BCUT2D eigenvalue weighted by molar-refractivity contribution is -0.274. The maximum absolute atomic E-state index is 12.8. The lowest BCUT2D eigenvalue weighted by Crippen LogP contribution is -2.44. The third kappa shape index (κ3) is 5.25. The van der Waals surface area contributed by atoms with Crippen molar-refractivity contribution in [2.45, 2.75) is 43.8 Å². The highest BCUT2D eigenvalue weighted by atomic mass is 19.4. The van der Waals surface area contributed by atoms with Crippen molar-refractivity contribution in [3.05, 3.63) is 48.3 Å². The molecule has 0 spiro atoms. The monoisotopic (exact) mass is 448 g/mol. The van der Waals surface area contributed by atoms with Gasteiger partial charge in [0, 0.05) is 37.9 Å². The number of nitrogens with one attached hydrogen (secondary N) is 1. The zero-order valence-corrected chi connectivity index (χ0v) is 17.2. The molecule has 32 heavy (non-hydrogen) atoms. The summed E-state index contributed by atoms with van der Waals surface area (Å²) < 4.78 is 43.2. The van der Waals surface area contributed by atoms with Crippen molar-refractivity contribution in [2.75, 3.05) is 19.6 Å². The minimum atomic E-state index is -4.74. The van der Waals surface area contributed by atoms with Gasteiger partial charge in [-0.15, -0.1) is 13.2 Å². The van der Waals surface area contributed by atoms with Gasteiger partial charge < -0.3 is 19.9 Å². The number of nitrogens with zero attached hydrogens (tertiary/aromatic N) is 5. The van der Waals surface area contributed by atoms with Crippen molar-refractivity contribution >= 4 is 6.03 Å². The van der Waals surface area contributed by atoms with E-state index in [1.54, 1.807) is 26.7 Å². The van der Waals surface area contributed by atoms with Gasteiger partial charge in [-0.05, 0) is 36.6 Å². The summed E-state index contributed by atoms with van der Waals surface area (Å²) in [7, 11) is 0. The van der Waals surface area contributed by atoms with Crippen molar-refractivity contribution in [3.63, 3.8) is 0 Å². The molecule has 2 amide bonds. The average Bonchev–Trinajstić information content (AvgIpc) is 3.48. The molecule has 0 aliphatic carbocycles. The van der Waals surface area contributed by atoms with Crippen molar-refractivity contribution < 1.29 is 22.7 Å². The van der Waals surface area contributed by atoms with Crippen LogP contribution in [0.25, 0.3) is 0 Å². The Balaban J connectivity index is 1.32. The molecule has 1 aromatic carbocycles. The highest BCUT2D eigenvalue weighted by molar-refractivity contribution is 5.75. The quantitative estimate of drug-likeness (QED) is 0.711. The standard InChI is InChI=1S/C21H23F3N6O2/c22-21(23,24)32-19-4-1-3-15(9-19)16-5-8-28(11-16)20(31)27-17-10-18(29(12-17)14-25)13-30-7-2-6-26-30/h1-4,6-7,9,16-18H,5,8,10-13H2,(H,27,31)/t16-,17+,18-/m0/s1. The van der Waals surface area contributed by atoms with Crippen LogP contribution in [-0.4, -0.2) is 63.7 Å². The van der Waals surface area contributed by atoms with Gasteiger partial charge in [-0.25, -0.2) is 4.79 Å². The van der Waals surface area contributed by atoms with Crippen molar-refractivity contribution in [1.82, 2.24) is 24.9 Å². The molecule has 1 N–H and O–H groups in total. The Hall–Kier alpha value is -3.42. The molecule has 2 aromatic rings. The van der Waals surface area contributed by atoms with E-state index in [1.807, 2.05) is 12.3 Å². The van der Waals surface area contributed by atoms with E-state index in [4.69, 9.17) is 0 Å². The van der Waals surface area contributed by atoms with Crippen LogP contribution in [0.3, 0.4) is 0 Å². The number of nitriles is 1. The summed E-state index contributed by atoms with van der Waals surface area (Å²) >= 11 is 0. The molecule has 0 unspecified atom stereocenters. The molecule has 2 saturated heterocycles. The summed E-state index contributed by atoms with van der Waals surface area (Å²) in [6.07, 6.45) is 2.24. The lowest BCUT2D eigenvalue weighted by Gasteiger charge is -2.20. The van der Waals surface area contributed by atoms with Crippen LogP contribution in [0, 0.1) is 11.5 Å². The van der Waals surface area contributed by atoms with Crippen LogP contribution in [0.1, 0.15) is 24.3 Å². The first kappa shape index (κ1) is 21.8. The summed E-state index contributed by atoms with van der Waals surface area (Å²) in [5, 5.41) is 16.6.